The lowest BCUT2D eigenvalue weighted by Gasteiger charge is -2.28. The van der Waals surface area contributed by atoms with E-state index < -0.39 is 11.6 Å². The normalized spacial score (nSPS) is 20.3. The van der Waals surface area contributed by atoms with Gasteiger partial charge in [-0.3, -0.25) is 0 Å². The second-order valence-electron chi connectivity index (χ2n) is 7.96. The highest BCUT2D eigenvalue weighted by Gasteiger charge is 2.21. The number of hydrogen-bond acceptors (Lipinski definition) is 0. The van der Waals surface area contributed by atoms with E-state index in [2.05, 4.69) is 31.2 Å². The van der Waals surface area contributed by atoms with Crippen LogP contribution in [0.3, 0.4) is 0 Å². The Morgan fingerprint density at radius 2 is 1.50 bits per heavy atom. The summed E-state index contributed by atoms with van der Waals surface area (Å²) in [5, 5.41) is 0. The summed E-state index contributed by atoms with van der Waals surface area (Å²) in [4.78, 5) is 0. The fraction of sp³-hybridized carbons (Fsp3) is 0.500. The van der Waals surface area contributed by atoms with Gasteiger partial charge in [0.25, 0.3) is 0 Å². The fourth-order valence-electron chi connectivity index (χ4n) is 4.39. The van der Waals surface area contributed by atoms with Gasteiger partial charge in [0.2, 0.25) is 0 Å². The molecule has 0 amide bonds. The first-order valence-corrected chi connectivity index (χ1v) is 10.1. The summed E-state index contributed by atoms with van der Waals surface area (Å²) in [6, 6.07) is 11.5. The largest absolute Gasteiger partial charge is 0.207 e. The third kappa shape index (κ3) is 4.72. The molecule has 26 heavy (non-hydrogen) atoms. The molecule has 2 heteroatoms. The van der Waals surface area contributed by atoms with Crippen molar-refractivity contribution in [3.63, 3.8) is 0 Å². The van der Waals surface area contributed by atoms with Gasteiger partial charge in [-0.1, -0.05) is 44.0 Å². The van der Waals surface area contributed by atoms with E-state index in [0.29, 0.717) is 24.3 Å². The summed E-state index contributed by atoms with van der Waals surface area (Å²) in [5.41, 5.74) is 3.40. The minimum absolute atomic E-state index is 0.203. The Hall–Kier alpha value is -1.70. The van der Waals surface area contributed by atoms with Crippen molar-refractivity contribution in [2.75, 3.05) is 0 Å². The number of aryl methyl sites for hydroxylation is 2. The van der Waals surface area contributed by atoms with Crippen LogP contribution in [-0.4, -0.2) is 0 Å². The number of benzene rings is 2. The van der Waals surface area contributed by atoms with Crippen molar-refractivity contribution in [2.24, 2.45) is 5.92 Å². The van der Waals surface area contributed by atoms with E-state index in [0.717, 1.165) is 11.5 Å². The molecule has 0 N–H and O–H groups in total. The molecular formula is C24H30F2. The van der Waals surface area contributed by atoms with Crippen molar-refractivity contribution in [3.8, 4) is 0 Å². The SMILES string of the molecule is CCCC1CCC(c2ccc(CCc3c(F)cc(C)cc3F)cc2)CC1. The Bertz CT molecular complexity index is 686. The maximum atomic E-state index is 14.0. The van der Waals surface area contributed by atoms with Crippen LogP contribution in [0.25, 0.3) is 0 Å². The van der Waals surface area contributed by atoms with Crippen LogP contribution in [0.15, 0.2) is 36.4 Å². The van der Waals surface area contributed by atoms with E-state index in [-0.39, 0.29) is 5.56 Å². The summed E-state index contributed by atoms with van der Waals surface area (Å²) in [7, 11) is 0. The van der Waals surface area contributed by atoms with Crippen LogP contribution >= 0.6 is 0 Å². The van der Waals surface area contributed by atoms with Gasteiger partial charge in [0.1, 0.15) is 11.6 Å². The second-order valence-corrected chi connectivity index (χ2v) is 7.96. The number of rotatable bonds is 6. The van der Waals surface area contributed by atoms with Gasteiger partial charge >= 0.3 is 0 Å². The maximum Gasteiger partial charge on any atom is 0.129 e. The molecule has 0 aromatic heterocycles. The van der Waals surface area contributed by atoms with Gasteiger partial charge in [0.05, 0.1) is 0 Å². The monoisotopic (exact) mass is 356 g/mol. The summed E-state index contributed by atoms with van der Waals surface area (Å²) in [6.07, 6.45) is 9.04. The zero-order valence-electron chi connectivity index (χ0n) is 16.0. The molecule has 1 aliphatic carbocycles. The van der Waals surface area contributed by atoms with Crippen molar-refractivity contribution >= 4 is 0 Å². The van der Waals surface area contributed by atoms with Gasteiger partial charge in [0, 0.05) is 5.56 Å². The molecule has 0 atom stereocenters. The molecule has 0 radical (unpaired) electrons. The molecule has 3 rings (SSSR count). The second kappa shape index (κ2) is 8.79. The van der Waals surface area contributed by atoms with Crippen LogP contribution < -0.4 is 0 Å². The van der Waals surface area contributed by atoms with Crippen LogP contribution in [0.5, 0.6) is 0 Å². The van der Waals surface area contributed by atoms with Crippen LogP contribution in [0.4, 0.5) is 8.78 Å². The van der Waals surface area contributed by atoms with Gasteiger partial charge in [-0.05, 0) is 86.1 Å². The summed E-state index contributed by atoms with van der Waals surface area (Å²) >= 11 is 0. The van der Waals surface area contributed by atoms with E-state index in [4.69, 9.17) is 0 Å². The van der Waals surface area contributed by atoms with Crippen LogP contribution in [-0.2, 0) is 12.8 Å². The molecule has 0 heterocycles. The Labute approximate surface area is 156 Å². The molecule has 2 aromatic carbocycles. The molecule has 0 unspecified atom stereocenters. The van der Waals surface area contributed by atoms with Crippen molar-refractivity contribution in [1.29, 1.82) is 0 Å². The number of halogens is 2. The molecule has 0 nitrogen and oxygen atoms in total. The van der Waals surface area contributed by atoms with Crippen molar-refractivity contribution in [2.45, 2.75) is 71.1 Å². The molecular weight excluding hydrogens is 326 g/mol. The topological polar surface area (TPSA) is 0 Å². The molecule has 0 saturated heterocycles. The standard InChI is InChI=1S/C24H30F2/c1-3-4-18-5-10-20(11-6-18)21-12-7-19(8-13-21)9-14-22-23(25)15-17(2)16-24(22)26/h7-8,12-13,15-16,18,20H,3-6,9-11,14H2,1-2H3. The minimum atomic E-state index is -0.428. The van der Waals surface area contributed by atoms with Gasteiger partial charge in [-0.25, -0.2) is 8.78 Å². The molecule has 140 valence electrons. The molecule has 0 bridgehead atoms. The highest BCUT2D eigenvalue weighted by atomic mass is 19.1. The highest BCUT2D eigenvalue weighted by Crippen LogP contribution is 2.37. The van der Waals surface area contributed by atoms with Gasteiger partial charge < -0.3 is 0 Å². The molecule has 0 aliphatic heterocycles. The lowest BCUT2D eigenvalue weighted by molar-refractivity contribution is 0.308. The van der Waals surface area contributed by atoms with E-state index in [1.807, 2.05) is 0 Å². The first kappa shape index (κ1) is 19.1. The third-order valence-corrected chi connectivity index (χ3v) is 5.94. The molecule has 1 fully saturated rings. The van der Waals surface area contributed by atoms with Crippen LogP contribution in [0.2, 0.25) is 0 Å². The molecule has 1 aliphatic rings. The van der Waals surface area contributed by atoms with Gasteiger partial charge in [-0.2, -0.15) is 0 Å². The summed E-state index contributed by atoms with van der Waals surface area (Å²) in [5.74, 6) is 0.755. The van der Waals surface area contributed by atoms with E-state index in [1.54, 1.807) is 6.92 Å². The highest BCUT2D eigenvalue weighted by molar-refractivity contribution is 5.29. The zero-order valence-corrected chi connectivity index (χ0v) is 16.0. The average molecular weight is 357 g/mol. The predicted molar refractivity (Wildman–Crippen MR) is 105 cm³/mol. The Morgan fingerprint density at radius 1 is 0.885 bits per heavy atom. The summed E-state index contributed by atoms with van der Waals surface area (Å²) in [6.45, 7) is 3.99. The maximum absolute atomic E-state index is 14.0. The lowest BCUT2D eigenvalue weighted by Crippen LogP contribution is -2.13. The quantitative estimate of drug-likeness (QED) is 0.516. The third-order valence-electron chi connectivity index (χ3n) is 5.94. The first-order valence-electron chi connectivity index (χ1n) is 10.1. The molecule has 1 saturated carbocycles. The van der Waals surface area contributed by atoms with Gasteiger partial charge in [0.15, 0.2) is 0 Å². The summed E-state index contributed by atoms with van der Waals surface area (Å²) < 4.78 is 27.9. The Balaban J connectivity index is 1.57. The van der Waals surface area contributed by atoms with Gasteiger partial charge in [-0.15, -0.1) is 0 Å². The van der Waals surface area contributed by atoms with E-state index in [9.17, 15) is 8.78 Å². The minimum Gasteiger partial charge on any atom is -0.207 e. The smallest absolute Gasteiger partial charge is 0.129 e. The first-order chi connectivity index (χ1) is 12.6. The Kier molecular flexibility index (Phi) is 6.45. The van der Waals surface area contributed by atoms with Crippen molar-refractivity contribution in [1.82, 2.24) is 0 Å². The molecule has 0 spiro atoms. The van der Waals surface area contributed by atoms with Crippen LogP contribution in [0, 0.1) is 24.5 Å². The predicted octanol–water partition coefficient (Wildman–Crippen LogP) is 7.13. The average Bonchev–Trinajstić information content (AvgIpc) is 2.62. The Morgan fingerprint density at radius 3 is 2.08 bits per heavy atom. The fourth-order valence-corrected chi connectivity index (χ4v) is 4.39. The number of hydrogen-bond donors (Lipinski definition) is 0. The lowest BCUT2D eigenvalue weighted by atomic mass is 9.77. The zero-order chi connectivity index (χ0) is 18.5. The van der Waals surface area contributed by atoms with Crippen LogP contribution in [0.1, 0.15) is 73.6 Å². The van der Waals surface area contributed by atoms with Crippen molar-refractivity contribution < 1.29 is 8.78 Å². The van der Waals surface area contributed by atoms with E-state index in [1.165, 1.54) is 56.2 Å². The molecule has 2 aromatic rings. The van der Waals surface area contributed by atoms with E-state index >= 15 is 0 Å². The van der Waals surface area contributed by atoms with Crippen molar-refractivity contribution in [3.05, 3.63) is 70.3 Å².